The maximum absolute atomic E-state index is 12.7. The van der Waals surface area contributed by atoms with Crippen LogP contribution in [0.3, 0.4) is 0 Å². The van der Waals surface area contributed by atoms with Gasteiger partial charge in [-0.25, -0.2) is 4.79 Å². The summed E-state index contributed by atoms with van der Waals surface area (Å²) in [6.45, 7) is 2.66. The first-order valence-corrected chi connectivity index (χ1v) is 10.4. The average Bonchev–Trinajstić information content (AvgIpc) is 2.79. The third kappa shape index (κ3) is 4.45. The van der Waals surface area contributed by atoms with E-state index in [4.69, 9.17) is 0 Å². The Morgan fingerprint density at radius 3 is 2.13 bits per heavy atom. The van der Waals surface area contributed by atoms with Crippen LogP contribution in [-0.2, 0) is 16.1 Å². The van der Waals surface area contributed by atoms with Crippen LogP contribution in [-0.4, -0.2) is 64.8 Å². The summed E-state index contributed by atoms with van der Waals surface area (Å²) in [4.78, 5) is 42.9. The highest BCUT2D eigenvalue weighted by molar-refractivity contribution is 6.35. The molecule has 2 fully saturated rings. The predicted octanol–water partition coefficient (Wildman–Crippen LogP) is 2.55. The van der Waals surface area contributed by atoms with E-state index < -0.39 is 11.8 Å². The van der Waals surface area contributed by atoms with Crippen LogP contribution in [0, 0.1) is 0 Å². The molecule has 0 spiro atoms. The van der Waals surface area contributed by atoms with Crippen LogP contribution >= 0.6 is 0 Å². The standard InChI is InChI=1S/C23H26N4O3/c28-21-22(29)27(16-15-26(21)17-18-7-3-1-4-8-18)20-11-13-25(14-12-20)23(30)24-19-9-5-2-6-10-19/h1-10,20H,11-17H2,(H,24,30). The molecule has 30 heavy (non-hydrogen) atoms. The van der Waals surface area contributed by atoms with Crippen molar-refractivity contribution < 1.29 is 14.4 Å². The molecule has 2 aliphatic heterocycles. The van der Waals surface area contributed by atoms with E-state index in [-0.39, 0.29) is 12.1 Å². The molecule has 2 aromatic rings. The number of piperazine rings is 1. The molecule has 2 aliphatic rings. The van der Waals surface area contributed by atoms with Gasteiger partial charge in [-0.1, -0.05) is 48.5 Å². The molecule has 7 heteroatoms. The van der Waals surface area contributed by atoms with Gasteiger partial charge in [0.2, 0.25) is 0 Å². The molecule has 0 atom stereocenters. The second kappa shape index (κ2) is 8.98. The van der Waals surface area contributed by atoms with Crippen molar-refractivity contribution in [3.05, 3.63) is 66.2 Å². The number of carbonyl (C=O) groups excluding carboxylic acids is 3. The van der Waals surface area contributed by atoms with Crippen LogP contribution in [0.2, 0.25) is 0 Å². The monoisotopic (exact) mass is 406 g/mol. The van der Waals surface area contributed by atoms with E-state index in [1.807, 2.05) is 60.7 Å². The second-order valence-corrected chi connectivity index (χ2v) is 7.73. The van der Waals surface area contributed by atoms with Gasteiger partial charge >= 0.3 is 17.8 Å². The van der Waals surface area contributed by atoms with E-state index in [9.17, 15) is 14.4 Å². The number of para-hydroxylation sites is 1. The number of rotatable bonds is 4. The fraction of sp³-hybridized carbons (Fsp3) is 0.348. The van der Waals surface area contributed by atoms with E-state index in [0.29, 0.717) is 45.6 Å². The van der Waals surface area contributed by atoms with Crippen LogP contribution in [0.5, 0.6) is 0 Å². The second-order valence-electron chi connectivity index (χ2n) is 7.73. The first kappa shape index (κ1) is 19.9. The van der Waals surface area contributed by atoms with Crippen LogP contribution in [0.15, 0.2) is 60.7 Å². The number of amides is 4. The molecule has 7 nitrogen and oxygen atoms in total. The highest BCUT2D eigenvalue weighted by Crippen LogP contribution is 2.21. The molecule has 4 rings (SSSR count). The third-order valence-corrected chi connectivity index (χ3v) is 5.78. The Hall–Kier alpha value is -3.35. The number of urea groups is 1. The van der Waals surface area contributed by atoms with Crippen molar-refractivity contribution in [3.63, 3.8) is 0 Å². The number of carbonyl (C=O) groups is 3. The smallest absolute Gasteiger partial charge is 0.321 e. The van der Waals surface area contributed by atoms with Gasteiger partial charge in [0.15, 0.2) is 0 Å². The van der Waals surface area contributed by atoms with Crippen LogP contribution in [0.4, 0.5) is 10.5 Å². The lowest BCUT2D eigenvalue weighted by Gasteiger charge is -2.42. The van der Waals surface area contributed by atoms with Gasteiger partial charge in [0.1, 0.15) is 0 Å². The summed E-state index contributed by atoms with van der Waals surface area (Å²) in [5, 5.41) is 2.90. The summed E-state index contributed by atoms with van der Waals surface area (Å²) >= 11 is 0. The largest absolute Gasteiger partial charge is 0.330 e. The zero-order valence-electron chi connectivity index (χ0n) is 16.9. The molecule has 0 bridgehead atoms. The van der Waals surface area contributed by atoms with Gasteiger partial charge in [-0.2, -0.15) is 0 Å². The summed E-state index contributed by atoms with van der Waals surface area (Å²) in [5.41, 5.74) is 1.78. The quantitative estimate of drug-likeness (QED) is 0.793. The fourth-order valence-corrected chi connectivity index (χ4v) is 4.10. The third-order valence-electron chi connectivity index (χ3n) is 5.78. The summed E-state index contributed by atoms with van der Waals surface area (Å²) < 4.78 is 0. The normalized spacial score (nSPS) is 17.9. The molecule has 2 saturated heterocycles. The van der Waals surface area contributed by atoms with Gasteiger partial charge < -0.3 is 20.0 Å². The zero-order chi connectivity index (χ0) is 20.9. The number of anilines is 1. The minimum absolute atomic E-state index is 0.00102. The van der Waals surface area contributed by atoms with E-state index in [0.717, 1.165) is 11.3 Å². The van der Waals surface area contributed by atoms with Gasteiger partial charge in [0.25, 0.3) is 0 Å². The average molecular weight is 406 g/mol. The number of nitrogens with one attached hydrogen (secondary N) is 1. The Morgan fingerprint density at radius 1 is 0.833 bits per heavy atom. The van der Waals surface area contributed by atoms with Crippen molar-refractivity contribution >= 4 is 23.5 Å². The van der Waals surface area contributed by atoms with Crippen LogP contribution < -0.4 is 5.32 Å². The number of likely N-dealkylation sites (tertiary alicyclic amines) is 1. The van der Waals surface area contributed by atoms with Crippen molar-refractivity contribution in [1.29, 1.82) is 0 Å². The predicted molar refractivity (Wildman–Crippen MR) is 114 cm³/mol. The maximum Gasteiger partial charge on any atom is 0.321 e. The first-order chi connectivity index (χ1) is 14.6. The molecular formula is C23H26N4O3. The number of benzene rings is 2. The Bertz CT molecular complexity index is 895. The van der Waals surface area contributed by atoms with Crippen molar-refractivity contribution in [1.82, 2.24) is 14.7 Å². The maximum atomic E-state index is 12.7. The lowest BCUT2D eigenvalue weighted by molar-refractivity contribution is -0.158. The van der Waals surface area contributed by atoms with Crippen LogP contribution in [0.25, 0.3) is 0 Å². The molecule has 2 aromatic carbocycles. The lowest BCUT2D eigenvalue weighted by atomic mass is 10.0. The fourth-order valence-electron chi connectivity index (χ4n) is 4.10. The lowest BCUT2D eigenvalue weighted by Crippen LogP contribution is -2.59. The molecule has 0 saturated carbocycles. The summed E-state index contributed by atoms with van der Waals surface area (Å²) in [6, 6.07) is 18.9. The minimum Gasteiger partial charge on any atom is -0.330 e. The Balaban J connectivity index is 1.29. The summed E-state index contributed by atoms with van der Waals surface area (Å²) in [7, 11) is 0. The highest BCUT2D eigenvalue weighted by Gasteiger charge is 2.37. The Kier molecular flexibility index (Phi) is 5.97. The number of piperidine rings is 1. The molecule has 156 valence electrons. The molecule has 2 heterocycles. The summed E-state index contributed by atoms with van der Waals surface area (Å²) in [5.74, 6) is -0.862. The van der Waals surface area contributed by atoms with Crippen molar-refractivity contribution in [2.45, 2.75) is 25.4 Å². The van der Waals surface area contributed by atoms with E-state index in [2.05, 4.69) is 5.32 Å². The molecule has 0 unspecified atom stereocenters. The van der Waals surface area contributed by atoms with Gasteiger partial charge in [-0.3, -0.25) is 9.59 Å². The number of hydrogen-bond acceptors (Lipinski definition) is 3. The Labute approximate surface area is 176 Å². The summed E-state index contributed by atoms with van der Waals surface area (Å²) in [6.07, 6.45) is 1.36. The molecule has 0 aromatic heterocycles. The van der Waals surface area contributed by atoms with Gasteiger partial charge in [-0.15, -0.1) is 0 Å². The van der Waals surface area contributed by atoms with Crippen molar-refractivity contribution in [3.8, 4) is 0 Å². The van der Waals surface area contributed by atoms with Crippen LogP contribution in [0.1, 0.15) is 18.4 Å². The van der Waals surface area contributed by atoms with Crippen molar-refractivity contribution in [2.24, 2.45) is 0 Å². The van der Waals surface area contributed by atoms with Gasteiger partial charge in [-0.05, 0) is 30.5 Å². The van der Waals surface area contributed by atoms with E-state index >= 15 is 0 Å². The minimum atomic E-state index is -0.436. The van der Waals surface area contributed by atoms with E-state index in [1.165, 1.54) is 0 Å². The molecule has 4 amide bonds. The highest BCUT2D eigenvalue weighted by atomic mass is 16.2. The van der Waals surface area contributed by atoms with Gasteiger partial charge in [0.05, 0.1) is 0 Å². The zero-order valence-corrected chi connectivity index (χ0v) is 16.9. The number of nitrogens with zero attached hydrogens (tertiary/aromatic N) is 3. The topological polar surface area (TPSA) is 73.0 Å². The SMILES string of the molecule is O=C(Nc1ccccc1)N1CCC(N2CCN(Cc3ccccc3)C(=O)C2=O)CC1. The number of hydrogen-bond donors (Lipinski definition) is 1. The van der Waals surface area contributed by atoms with Crippen molar-refractivity contribution in [2.75, 3.05) is 31.5 Å². The molecule has 0 radical (unpaired) electrons. The molecule has 1 N–H and O–H groups in total. The van der Waals surface area contributed by atoms with E-state index in [1.54, 1.807) is 14.7 Å². The first-order valence-electron chi connectivity index (χ1n) is 10.4. The molecule has 0 aliphatic carbocycles. The molecular weight excluding hydrogens is 380 g/mol. The Morgan fingerprint density at radius 2 is 1.47 bits per heavy atom. The van der Waals surface area contributed by atoms with Gasteiger partial charge in [0, 0.05) is 44.5 Å².